The molecular weight excluding hydrogens is 330 g/mol. The number of benzene rings is 1. The number of methoxy groups -OCH3 is 1. The largest absolute Gasteiger partial charge is 0.496 e. The number of piperidine rings is 2. The Hall–Kier alpha value is -1.33. The third kappa shape index (κ3) is 4.64. The number of fused-ring (bicyclic) bond motifs is 2. The Morgan fingerprint density at radius 3 is 2.64 bits per heavy atom. The maximum Gasteiger partial charge on any atom is 0.166 e. The number of ether oxygens (including phenoxy) is 1. The van der Waals surface area contributed by atoms with Gasteiger partial charge in [-0.15, -0.1) is 0 Å². The van der Waals surface area contributed by atoms with Crippen LogP contribution in [0.1, 0.15) is 51.0 Å². The van der Waals surface area contributed by atoms with Crippen LogP contribution in [0.15, 0.2) is 24.3 Å². The average molecular weight is 362 g/mol. The van der Waals surface area contributed by atoms with Gasteiger partial charge in [-0.1, -0.05) is 31.5 Å². The molecule has 0 radical (unpaired) electrons. The zero-order chi connectivity index (χ0) is 17.6. The zero-order valence-corrected chi connectivity index (χ0v) is 16.3. The molecule has 5 heteroatoms. The van der Waals surface area contributed by atoms with Gasteiger partial charge in [0.15, 0.2) is 5.11 Å². The van der Waals surface area contributed by atoms with Crippen LogP contribution in [0.4, 0.5) is 0 Å². The van der Waals surface area contributed by atoms with E-state index in [1.165, 1.54) is 37.7 Å². The molecule has 2 bridgehead atoms. The van der Waals surface area contributed by atoms with Crippen LogP contribution < -0.4 is 15.4 Å². The third-order valence-corrected chi connectivity index (χ3v) is 5.80. The van der Waals surface area contributed by atoms with Crippen molar-refractivity contribution in [2.75, 3.05) is 13.7 Å². The van der Waals surface area contributed by atoms with Gasteiger partial charge in [0, 0.05) is 36.8 Å². The second kappa shape index (κ2) is 8.86. The van der Waals surface area contributed by atoms with Gasteiger partial charge in [0.25, 0.3) is 0 Å². The summed E-state index contributed by atoms with van der Waals surface area (Å²) in [6.45, 7) is 4.10. The van der Waals surface area contributed by atoms with Crippen LogP contribution in [0.2, 0.25) is 0 Å². The average Bonchev–Trinajstić information content (AvgIpc) is 2.61. The van der Waals surface area contributed by atoms with Gasteiger partial charge < -0.3 is 15.4 Å². The Labute approximate surface area is 157 Å². The van der Waals surface area contributed by atoms with Crippen LogP contribution >= 0.6 is 12.2 Å². The highest BCUT2D eigenvalue weighted by Gasteiger charge is 2.38. The second-order valence-electron chi connectivity index (χ2n) is 7.29. The number of thiocarbonyl (C=S) groups is 1. The molecule has 0 spiro atoms. The van der Waals surface area contributed by atoms with Crippen molar-refractivity contribution in [3.05, 3.63) is 29.8 Å². The van der Waals surface area contributed by atoms with Crippen molar-refractivity contribution < 1.29 is 4.74 Å². The molecule has 1 aromatic carbocycles. The molecule has 2 aliphatic heterocycles. The highest BCUT2D eigenvalue weighted by Crippen LogP contribution is 2.36. The summed E-state index contributed by atoms with van der Waals surface area (Å²) in [7, 11) is 1.76. The Morgan fingerprint density at radius 2 is 1.96 bits per heavy atom. The number of hydrogen-bond acceptors (Lipinski definition) is 3. The highest BCUT2D eigenvalue weighted by atomic mass is 32.1. The van der Waals surface area contributed by atoms with E-state index in [1.54, 1.807) is 7.11 Å². The lowest BCUT2D eigenvalue weighted by Crippen LogP contribution is -2.57. The summed E-state index contributed by atoms with van der Waals surface area (Å²) in [5.41, 5.74) is 1.30. The molecule has 1 unspecified atom stereocenters. The lowest BCUT2D eigenvalue weighted by molar-refractivity contribution is 0.0205. The van der Waals surface area contributed by atoms with Gasteiger partial charge in [0.1, 0.15) is 5.75 Å². The van der Waals surface area contributed by atoms with E-state index >= 15 is 0 Å². The Morgan fingerprint density at radius 1 is 1.24 bits per heavy atom. The number of nitrogens with zero attached hydrogens (tertiary/aromatic N) is 1. The first-order valence-electron chi connectivity index (χ1n) is 9.63. The summed E-state index contributed by atoms with van der Waals surface area (Å²) in [4.78, 5) is 2.71. The van der Waals surface area contributed by atoms with Crippen molar-refractivity contribution >= 4 is 17.3 Å². The smallest absolute Gasteiger partial charge is 0.166 e. The lowest BCUT2D eigenvalue weighted by atomic mass is 9.81. The van der Waals surface area contributed by atoms with E-state index < -0.39 is 0 Å². The van der Waals surface area contributed by atoms with E-state index in [4.69, 9.17) is 17.0 Å². The van der Waals surface area contributed by atoms with Crippen LogP contribution in [0.3, 0.4) is 0 Å². The van der Waals surface area contributed by atoms with Crippen molar-refractivity contribution in [1.82, 2.24) is 15.5 Å². The number of para-hydroxylation sites is 1. The molecule has 2 fully saturated rings. The summed E-state index contributed by atoms with van der Waals surface area (Å²) in [6.07, 6.45) is 7.39. The third-order valence-electron chi connectivity index (χ3n) is 5.54. The molecule has 2 heterocycles. The SMILES string of the molecule is CCCNC(=S)NC1C[C@H]2CCC[C@@H](C1)N2Cc1ccccc1OC. The summed E-state index contributed by atoms with van der Waals surface area (Å²) in [5, 5.41) is 7.68. The predicted octanol–water partition coefficient (Wildman–Crippen LogP) is 3.45. The standard InChI is InChI=1S/C20H31N3OS/c1-3-11-21-20(25)22-16-12-17-8-6-9-18(13-16)23(17)14-15-7-4-5-10-19(15)24-2/h4-5,7,10,16-18H,3,6,8-9,11-14H2,1-2H3,(H2,21,22,25)/t16?,17-,18+. The molecule has 4 nitrogen and oxygen atoms in total. The predicted molar refractivity (Wildman–Crippen MR) is 107 cm³/mol. The van der Waals surface area contributed by atoms with Gasteiger partial charge in [-0.25, -0.2) is 0 Å². The Balaban J connectivity index is 1.63. The molecule has 0 saturated carbocycles. The van der Waals surface area contributed by atoms with Gasteiger partial charge in [-0.05, 0) is 50.4 Å². The van der Waals surface area contributed by atoms with Crippen molar-refractivity contribution in [2.24, 2.45) is 0 Å². The van der Waals surface area contributed by atoms with Crippen LogP contribution in [0.25, 0.3) is 0 Å². The minimum absolute atomic E-state index is 0.501. The quantitative estimate of drug-likeness (QED) is 0.759. The van der Waals surface area contributed by atoms with Crippen molar-refractivity contribution in [2.45, 2.75) is 70.1 Å². The Bertz CT molecular complexity index is 566. The second-order valence-corrected chi connectivity index (χ2v) is 7.70. The van der Waals surface area contributed by atoms with E-state index in [0.29, 0.717) is 18.1 Å². The van der Waals surface area contributed by atoms with E-state index in [0.717, 1.165) is 30.4 Å². The zero-order valence-electron chi connectivity index (χ0n) is 15.5. The first-order chi connectivity index (χ1) is 12.2. The summed E-state index contributed by atoms with van der Waals surface area (Å²) in [6, 6.07) is 10.2. The molecule has 1 aromatic rings. The number of nitrogens with one attached hydrogen (secondary N) is 2. The first-order valence-corrected chi connectivity index (χ1v) is 10.0. The van der Waals surface area contributed by atoms with Crippen molar-refractivity contribution in [3.63, 3.8) is 0 Å². The summed E-state index contributed by atoms with van der Waals surface area (Å²) >= 11 is 5.45. The normalized spacial score (nSPS) is 26.1. The molecule has 0 aliphatic carbocycles. The van der Waals surface area contributed by atoms with Crippen LogP contribution in [0.5, 0.6) is 5.75 Å². The molecule has 2 aliphatic rings. The maximum absolute atomic E-state index is 5.56. The molecule has 3 rings (SSSR count). The number of hydrogen-bond donors (Lipinski definition) is 2. The minimum atomic E-state index is 0.501. The van der Waals surface area contributed by atoms with Gasteiger partial charge in [0.2, 0.25) is 0 Å². The fraction of sp³-hybridized carbons (Fsp3) is 0.650. The van der Waals surface area contributed by atoms with Gasteiger partial charge in [-0.2, -0.15) is 0 Å². The van der Waals surface area contributed by atoms with Crippen molar-refractivity contribution in [3.8, 4) is 5.75 Å². The van der Waals surface area contributed by atoms with Crippen LogP contribution in [0, 0.1) is 0 Å². The van der Waals surface area contributed by atoms with E-state index in [-0.39, 0.29) is 0 Å². The molecular formula is C20H31N3OS. The molecule has 3 atom stereocenters. The van der Waals surface area contributed by atoms with E-state index in [1.807, 2.05) is 6.07 Å². The Kier molecular flexibility index (Phi) is 6.54. The van der Waals surface area contributed by atoms with Crippen molar-refractivity contribution in [1.29, 1.82) is 0 Å². The van der Waals surface area contributed by atoms with Crippen LogP contribution in [-0.4, -0.2) is 41.8 Å². The summed E-state index contributed by atoms with van der Waals surface area (Å²) < 4.78 is 5.56. The molecule has 0 amide bonds. The minimum Gasteiger partial charge on any atom is -0.496 e. The monoisotopic (exact) mass is 361 g/mol. The first kappa shape index (κ1) is 18.5. The maximum atomic E-state index is 5.56. The van der Waals surface area contributed by atoms with Crippen LogP contribution in [-0.2, 0) is 6.54 Å². The molecule has 138 valence electrons. The fourth-order valence-corrected chi connectivity index (χ4v) is 4.63. The molecule has 2 N–H and O–H groups in total. The topological polar surface area (TPSA) is 36.5 Å². The molecule has 0 aromatic heterocycles. The van der Waals surface area contributed by atoms with Gasteiger partial charge in [0.05, 0.1) is 7.11 Å². The lowest BCUT2D eigenvalue weighted by Gasteiger charge is -2.49. The molecule has 25 heavy (non-hydrogen) atoms. The van der Waals surface area contributed by atoms with Gasteiger partial charge in [-0.3, -0.25) is 4.90 Å². The number of rotatable bonds is 6. The van der Waals surface area contributed by atoms with E-state index in [9.17, 15) is 0 Å². The van der Waals surface area contributed by atoms with Gasteiger partial charge >= 0.3 is 0 Å². The van der Waals surface area contributed by atoms with E-state index in [2.05, 4.69) is 40.7 Å². The summed E-state index contributed by atoms with van der Waals surface area (Å²) in [5.74, 6) is 1.01. The molecule has 2 saturated heterocycles. The fourth-order valence-electron chi connectivity index (χ4n) is 4.36. The highest BCUT2D eigenvalue weighted by molar-refractivity contribution is 7.80.